The van der Waals surface area contributed by atoms with Gasteiger partial charge in [-0.05, 0) is 110 Å². The number of anilines is 5. The number of nitrogens with one attached hydrogen (secondary N) is 3. The van der Waals surface area contributed by atoms with Crippen LogP contribution in [0.1, 0.15) is 75.6 Å². The van der Waals surface area contributed by atoms with Crippen molar-refractivity contribution in [3.8, 4) is 23.0 Å². The first-order valence-electron chi connectivity index (χ1n) is 27.1. The zero-order chi connectivity index (χ0) is 53.7. The van der Waals surface area contributed by atoms with Gasteiger partial charge in [0.15, 0.2) is 23.0 Å². The molecule has 0 bridgehead atoms. The Morgan fingerprint density at radius 3 is 1.96 bits per heavy atom. The van der Waals surface area contributed by atoms with E-state index in [0.29, 0.717) is 118 Å². The van der Waals surface area contributed by atoms with Crippen molar-refractivity contribution in [2.75, 3.05) is 132 Å². The maximum atomic E-state index is 14.4. The lowest BCUT2D eigenvalue weighted by Crippen LogP contribution is -2.41. The summed E-state index contributed by atoms with van der Waals surface area (Å²) in [6.07, 6.45) is 4.45. The van der Waals surface area contributed by atoms with Gasteiger partial charge in [-0.1, -0.05) is 43.3 Å². The second-order valence-electron chi connectivity index (χ2n) is 20.0. The summed E-state index contributed by atoms with van der Waals surface area (Å²) in [5, 5.41) is 9.98. The molecule has 0 radical (unpaired) electrons. The number of para-hydroxylation sites is 2. The molecule has 0 saturated heterocycles. The highest BCUT2D eigenvalue weighted by molar-refractivity contribution is 6.13. The molecule has 5 aromatic carbocycles. The molecule has 4 aliphatic heterocycles. The average Bonchev–Trinajstić information content (AvgIpc) is 3.96. The molecule has 3 N–H and O–H groups in total. The van der Waals surface area contributed by atoms with Crippen molar-refractivity contribution in [2.24, 2.45) is 0 Å². The number of amides is 3. The lowest BCUT2D eigenvalue weighted by Gasteiger charge is -2.26. The van der Waals surface area contributed by atoms with Crippen molar-refractivity contribution in [1.29, 1.82) is 0 Å². The maximum Gasteiger partial charge on any atom is 0.260 e. The summed E-state index contributed by atoms with van der Waals surface area (Å²) in [6.45, 7) is 9.54. The number of unbranched alkanes of at least 4 members (excludes halogenated alkanes) is 1. The minimum absolute atomic E-state index is 0.00788. The summed E-state index contributed by atoms with van der Waals surface area (Å²) in [7, 11) is 6.83. The monoisotopic (exact) mass is 1050 g/mol. The van der Waals surface area contributed by atoms with Crippen LogP contribution in [0.4, 0.5) is 28.4 Å². The maximum absolute atomic E-state index is 14.4. The fourth-order valence-corrected chi connectivity index (χ4v) is 10.9. The Morgan fingerprint density at radius 2 is 1.27 bits per heavy atom. The zero-order valence-electron chi connectivity index (χ0n) is 45.3. The number of ether oxygens (including phenoxy) is 7. The SMILES string of the molecule is CCNCCCCNC(=O)CCCN(CCOCCOCCOC)c1cc(COc2cc3c(cc2OC)C(=O)N2c4ccccc4C[C@H]2CN3)cc(COc2cc3c(cc2OC)C(=O)N2c4ccccc4C[C@H]2CN3C)c1. The molecule has 0 aliphatic carbocycles. The number of likely N-dealkylation sites (N-methyl/N-ethyl adjacent to an activating group) is 1. The van der Waals surface area contributed by atoms with Crippen LogP contribution in [0.5, 0.6) is 23.0 Å². The fraction of sp³-hybridized carbons (Fsp3) is 0.450. The van der Waals surface area contributed by atoms with Crippen molar-refractivity contribution in [3.05, 3.63) is 124 Å². The van der Waals surface area contributed by atoms with E-state index in [1.54, 1.807) is 33.5 Å². The number of methoxy groups -OCH3 is 3. The minimum atomic E-state index is -0.0854. The van der Waals surface area contributed by atoms with Gasteiger partial charge in [-0.15, -0.1) is 0 Å². The van der Waals surface area contributed by atoms with Crippen molar-refractivity contribution in [3.63, 3.8) is 0 Å². The van der Waals surface area contributed by atoms with Gasteiger partial charge in [-0.3, -0.25) is 14.4 Å². The number of rotatable bonds is 28. The molecule has 0 aromatic heterocycles. The van der Waals surface area contributed by atoms with Crippen LogP contribution in [0.15, 0.2) is 91.0 Å². The molecule has 9 rings (SSSR count). The molecule has 410 valence electrons. The molecule has 4 heterocycles. The van der Waals surface area contributed by atoms with Gasteiger partial charge >= 0.3 is 0 Å². The molecule has 4 aliphatic rings. The zero-order valence-corrected chi connectivity index (χ0v) is 45.3. The molecule has 2 atom stereocenters. The van der Waals surface area contributed by atoms with Gasteiger partial charge < -0.3 is 68.7 Å². The van der Waals surface area contributed by atoms with E-state index in [1.165, 1.54) is 5.56 Å². The van der Waals surface area contributed by atoms with Crippen molar-refractivity contribution in [1.82, 2.24) is 10.6 Å². The first-order chi connectivity index (χ1) is 37.7. The third kappa shape index (κ3) is 13.0. The summed E-state index contributed by atoms with van der Waals surface area (Å²) >= 11 is 0. The standard InChI is InChI=1S/C60H75N7O10/c1-6-61-19-11-12-20-62-58(68)18-13-21-65(22-23-74-26-27-75-25-24-71-3)45-29-41(39-76-56-35-50-48(33-54(56)72-4)59(69)66-46(37-63-50)31-43-14-7-9-16-51(43)66)28-42(30-45)40-77-57-36-53-49(34-55(57)73-5)60(70)67-47(38-64(53)2)32-44-15-8-10-17-52(44)67/h7-10,14-17,28-30,33-36,46-47,61,63H,6,11-13,18-27,31-32,37-40H2,1-5H3,(H,62,68)/t46-,47-/m0/s1. The molecule has 0 unspecified atom stereocenters. The first-order valence-corrected chi connectivity index (χ1v) is 27.1. The van der Waals surface area contributed by atoms with Gasteiger partial charge in [0.25, 0.3) is 11.8 Å². The summed E-state index contributed by atoms with van der Waals surface area (Å²) in [5.41, 5.74) is 9.33. The van der Waals surface area contributed by atoms with Gasteiger partial charge in [0.2, 0.25) is 5.91 Å². The third-order valence-corrected chi connectivity index (χ3v) is 14.7. The smallest absolute Gasteiger partial charge is 0.260 e. The average molecular weight is 1050 g/mol. The predicted octanol–water partition coefficient (Wildman–Crippen LogP) is 7.65. The van der Waals surface area contributed by atoms with E-state index < -0.39 is 0 Å². The summed E-state index contributed by atoms with van der Waals surface area (Å²) in [6, 6.07) is 29.8. The number of fused-ring (bicyclic) bond motifs is 8. The van der Waals surface area contributed by atoms with Crippen molar-refractivity contribution < 1.29 is 47.5 Å². The van der Waals surface area contributed by atoms with E-state index >= 15 is 0 Å². The Hall–Kier alpha value is -7.05. The topological polar surface area (TPSA) is 165 Å². The minimum Gasteiger partial charge on any atom is -0.493 e. The van der Waals surface area contributed by atoms with Crippen LogP contribution in [0.3, 0.4) is 0 Å². The highest BCUT2D eigenvalue weighted by Gasteiger charge is 2.40. The summed E-state index contributed by atoms with van der Waals surface area (Å²) in [5.74, 6) is 1.75. The van der Waals surface area contributed by atoms with Crippen molar-refractivity contribution in [2.45, 2.75) is 70.7 Å². The van der Waals surface area contributed by atoms with E-state index in [1.807, 2.05) is 65.4 Å². The first kappa shape index (κ1) is 54.7. The van der Waals surface area contributed by atoms with E-state index in [9.17, 15) is 14.4 Å². The Labute approximate surface area is 453 Å². The van der Waals surface area contributed by atoms with E-state index in [-0.39, 0.29) is 43.0 Å². The normalized spacial score (nSPS) is 16.0. The fourth-order valence-electron chi connectivity index (χ4n) is 10.9. The highest BCUT2D eigenvalue weighted by Crippen LogP contribution is 2.44. The largest absolute Gasteiger partial charge is 0.493 e. The predicted molar refractivity (Wildman–Crippen MR) is 300 cm³/mol. The molecule has 17 heteroatoms. The summed E-state index contributed by atoms with van der Waals surface area (Å²) in [4.78, 5) is 49.9. The van der Waals surface area contributed by atoms with Gasteiger partial charge in [-0.2, -0.15) is 0 Å². The molecule has 77 heavy (non-hydrogen) atoms. The molecule has 5 aromatic rings. The number of carbonyl (C=O) groups excluding carboxylic acids is 3. The van der Waals surface area contributed by atoms with E-state index in [0.717, 1.165) is 78.2 Å². The Bertz CT molecular complexity index is 2850. The summed E-state index contributed by atoms with van der Waals surface area (Å²) < 4.78 is 42.1. The van der Waals surface area contributed by atoms with Crippen LogP contribution in [-0.4, -0.2) is 137 Å². The Balaban J connectivity index is 0.980. The number of hydrogen-bond acceptors (Lipinski definition) is 14. The third-order valence-electron chi connectivity index (χ3n) is 14.7. The lowest BCUT2D eigenvalue weighted by molar-refractivity contribution is -0.121. The number of hydrogen-bond donors (Lipinski definition) is 3. The van der Waals surface area contributed by atoms with Gasteiger partial charge in [0, 0.05) is 82.5 Å². The lowest BCUT2D eigenvalue weighted by atomic mass is 10.1. The van der Waals surface area contributed by atoms with Crippen LogP contribution in [0.2, 0.25) is 0 Å². The Kier molecular flexibility index (Phi) is 18.7. The highest BCUT2D eigenvalue weighted by atomic mass is 16.5. The van der Waals surface area contributed by atoms with Crippen LogP contribution in [0.25, 0.3) is 0 Å². The molecule has 0 fully saturated rings. The van der Waals surface area contributed by atoms with E-state index in [2.05, 4.69) is 63.0 Å². The van der Waals surface area contributed by atoms with Crippen LogP contribution in [-0.2, 0) is 45.1 Å². The van der Waals surface area contributed by atoms with Gasteiger partial charge in [0.05, 0.1) is 81.8 Å². The second-order valence-corrected chi connectivity index (χ2v) is 20.0. The quantitative estimate of drug-likeness (QED) is 0.0419. The van der Waals surface area contributed by atoms with Gasteiger partial charge in [0.1, 0.15) is 13.2 Å². The number of nitrogens with zero attached hydrogens (tertiary/aromatic N) is 4. The van der Waals surface area contributed by atoms with Crippen LogP contribution < -0.4 is 54.5 Å². The molecule has 17 nitrogen and oxygen atoms in total. The molecule has 0 saturated carbocycles. The Morgan fingerprint density at radius 1 is 0.662 bits per heavy atom. The van der Waals surface area contributed by atoms with Crippen LogP contribution in [0, 0.1) is 0 Å². The van der Waals surface area contributed by atoms with Crippen LogP contribution >= 0.6 is 0 Å². The number of benzene rings is 5. The van der Waals surface area contributed by atoms with Gasteiger partial charge in [-0.25, -0.2) is 0 Å². The molecule has 3 amide bonds. The number of carbonyl (C=O) groups is 3. The second kappa shape index (κ2) is 26.3. The van der Waals surface area contributed by atoms with Crippen molar-refractivity contribution >= 4 is 46.2 Å². The molecule has 0 spiro atoms. The van der Waals surface area contributed by atoms with E-state index in [4.69, 9.17) is 33.2 Å². The molecular formula is C60H75N7O10. The molecular weight excluding hydrogens is 979 g/mol.